The van der Waals surface area contributed by atoms with E-state index in [1.165, 1.54) is 11.8 Å². The van der Waals surface area contributed by atoms with Crippen LogP contribution in [0.25, 0.3) is 0 Å². The van der Waals surface area contributed by atoms with Gasteiger partial charge in [-0.25, -0.2) is 0 Å². The molecule has 0 saturated heterocycles. The summed E-state index contributed by atoms with van der Waals surface area (Å²) < 4.78 is 0. The van der Waals surface area contributed by atoms with Crippen molar-refractivity contribution in [2.75, 3.05) is 18.0 Å². The molecule has 1 rings (SSSR count). The highest BCUT2D eigenvalue weighted by Crippen LogP contribution is 2.23. The van der Waals surface area contributed by atoms with Crippen LogP contribution in [0.1, 0.15) is 12.0 Å². The maximum atomic E-state index is 11.4. The summed E-state index contributed by atoms with van der Waals surface area (Å²) >= 11 is 1.47. The zero-order valence-corrected chi connectivity index (χ0v) is 10.5. The first-order valence-corrected chi connectivity index (χ1v) is 6.24. The van der Waals surface area contributed by atoms with E-state index in [0.29, 0.717) is 18.7 Å². The Morgan fingerprint density at radius 3 is 3.00 bits per heavy atom. The molecule has 0 aliphatic carbocycles. The third kappa shape index (κ3) is 4.79. The van der Waals surface area contributed by atoms with Gasteiger partial charge in [-0.3, -0.25) is 4.79 Å². The second-order valence-electron chi connectivity index (χ2n) is 3.57. The molecule has 90 valence electrons. The van der Waals surface area contributed by atoms with Crippen LogP contribution in [0.2, 0.25) is 0 Å². The minimum absolute atomic E-state index is 0.0542. The minimum Gasteiger partial charge on any atom is -0.399 e. The fourth-order valence-electron chi connectivity index (χ4n) is 1.29. The van der Waals surface area contributed by atoms with E-state index in [9.17, 15) is 4.79 Å². The fraction of sp³-hybridized carbons (Fsp3) is 0.333. The second-order valence-corrected chi connectivity index (χ2v) is 4.59. The van der Waals surface area contributed by atoms with Crippen molar-refractivity contribution in [3.63, 3.8) is 0 Å². The number of nitrogen functional groups attached to an aromatic ring is 1. The van der Waals surface area contributed by atoms with Crippen molar-refractivity contribution in [2.24, 2.45) is 0 Å². The zero-order valence-electron chi connectivity index (χ0n) is 9.69. The summed E-state index contributed by atoms with van der Waals surface area (Å²) in [7, 11) is 0. The van der Waals surface area contributed by atoms with Crippen molar-refractivity contribution < 1.29 is 4.79 Å². The zero-order chi connectivity index (χ0) is 12.7. The summed E-state index contributed by atoms with van der Waals surface area (Å²) in [6.45, 7) is 2.38. The van der Waals surface area contributed by atoms with Crippen molar-refractivity contribution >= 4 is 23.4 Å². The van der Waals surface area contributed by atoms with E-state index in [1.807, 2.05) is 31.2 Å². The summed E-state index contributed by atoms with van der Waals surface area (Å²) in [5, 5.41) is 11.0. The van der Waals surface area contributed by atoms with Gasteiger partial charge in [0.15, 0.2) is 0 Å². The monoisotopic (exact) mass is 249 g/mol. The molecule has 0 atom stereocenters. The molecule has 0 heterocycles. The lowest BCUT2D eigenvalue weighted by Gasteiger charge is -2.06. The number of hydrogen-bond donors (Lipinski definition) is 2. The number of nitrogens with one attached hydrogen (secondary N) is 1. The lowest BCUT2D eigenvalue weighted by Crippen LogP contribution is -2.25. The van der Waals surface area contributed by atoms with Crippen LogP contribution in [0.15, 0.2) is 23.1 Å². The molecule has 0 unspecified atom stereocenters. The first kappa shape index (κ1) is 13.4. The molecule has 1 amide bonds. The van der Waals surface area contributed by atoms with Crippen LogP contribution < -0.4 is 11.1 Å². The largest absolute Gasteiger partial charge is 0.399 e. The highest BCUT2D eigenvalue weighted by Gasteiger charge is 2.04. The van der Waals surface area contributed by atoms with Crippen LogP contribution in [0.3, 0.4) is 0 Å². The maximum absolute atomic E-state index is 11.4. The SMILES string of the molecule is Cc1cc(N)ccc1SCC(=O)NCCC#N. The first-order valence-electron chi connectivity index (χ1n) is 5.26. The molecule has 0 aliphatic heterocycles. The van der Waals surface area contributed by atoms with E-state index >= 15 is 0 Å². The van der Waals surface area contributed by atoms with E-state index in [1.54, 1.807) is 0 Å². The quantitative estimate of drug-likeness (QED) is 0.473. The smallest absolute Gasteiger partial charge is 0.230 e. The number of nitriles is 1. The maximum Gasteiger partial charge on any atom is 0.230 e. The molecule has 0 aromatic heterocycles. The highest BCUT2D eigenvalue weighted by molar-refractivity contribution is 8.00. The van der Waals surface area contributed by atoms with E-state index < -0.39 is 0 Å². The number of amides is 1. The van der Waals surface area contributed by atoms with Crippen LogP contribution in [0.5, 0.6) is 0 Å². The number of thioether (sulfide) groups is 1. The molecular weight excluding hydrogens is 234 g/mol. The Kier molecular flexibility index (Phi) is 5.37. The average molecular weight is 249 g/mol. The summed E-state index contributed by atoms with van der Waals surface area (Å²) in [6.07, 6.45) is 0.345. The van der Waals surface area contributed by atoms with E-state index in [0.717, 1.165) is 16.1 Å². The molecule has 1 aromatic rings. The van der Waals surface area contributed by atoms with Gasteiger partial charge in [0, 0.05) is 17.1 Å². The molecule has 5 heteroatoms. The lowest BCUT2D eigenvalue weighted by atomic mass is 10.2. The molecule has 0 fully saturated rings. The lowest BCUT2D eigenvalue weighted by molar-refractivity contribution is -0.118. The van der Waals surface area contributed by atoms with Crippen molar-refractivity contribution in [2.45, 2.75) is 18.2 Å². The van der Waals surface area contributed by atoms with Gasteiger partial charge in [0.1, 0.15) is 0 Å². The summed E-state index contributed by atoms with van der Waals surface area (Å²) in [5.74, 6) is 0.303. The van der Waals surface area contributed by atoms with E-state index in [2.05, 4.69) is 5.32 Å². The Morgan fingerprint density at radius 1 is 1.59 bits per heavy atom. The molecular formula is C12H15N3OS. The van der Waals surface area contributed by atoms with Crippen LogP contribution in [0.4, 0.5) is 5.69 Å². The predicted octanol–water partition coefficient (Wildman–Crippen LogP) is 1.70. The number of nitrogens with two attached hydrogens (primary N) is 1. The van der Waals surface area contributed by atoms with Gasteiger partial charge in [-0.15, -0.1) is 11.8 Å². The number of carbonyl (C=O) groups is 1. The Bertz CT molecular complexity index is 440. The predicted molar refractivity (Wildman–Crippen MR) is 69.6 cm³/mol. The molecule has 0 spiro atoms. The number of aryl methyl sites for hydroxylation is 1. The van der Waals surface area contributed by atoms with Crippen LogP contribution >= 0.6 is 11.8 Å². The number of rotatable bonds is 5. The Labute approximate surface area is 105 Å². The average Bonchev–Trinajstić information content (AvgIpc) is 2.28. The molecule has 0 saturated carbocycles. The van der Waals surface area contributed by atoms with Crippen molar-refractivity contribution in [1.29, 1.82) is 5.26 Å². The molecule has 0 bridgehead atoms. The standard InChI is InChI=1S/C12H15N3OS/c1-9-7-10(14)3-4-11(9)17-8-12(16)15-6-2-5-13/h3-4,7H,2,6,8,14H2,1H3,(H,15,16). The van der Waals surface area contributed by atoms with Crippen LogP contribution in [-0.4, -0.2) is 18.2 Å². The molecule has 0 aliphatic rings. The van der Waals surface area contributed by atoms with Gasteiger partial charge in [0.2, 0.25) is 5.91 Å². The molecule has 3 N–H and O–H groups in total. The highest BCUT2D eigenvalue weighted by atomic mass is 32.2. The molecule has 1 aromatic carbocycles. The number of hydrogen-bond acceptors (Lipinski definition) is 4. The van der Waals surface area contributed by atoms with E-state index in [4.69, 9.17) is 11.0 Å². The van der Waals surface area contributed by atoms with Crippen LogP contribution in [0, 0.1) is 18.3 Å². The second kappa shape index (κ2) is 6.81. The van der Waals surface area contributed by atoms with Crippen LogP contribution in [-0.2, 0) is 4.79 Å². The number of nitrogens with zero attached hydrogens (tertiary/aromatic N) is 1. The number of benzene rings is 1. The summed E-state index contributed by atoms with van der Waals surface area (Å²) in [5.41, 5.74) is 7.44. The van der Waals surface area contributed by atoms with Crippen molar-refractivity contribution in [1.82, 2.24) is 5.32 Å². The third-order valence-corrected chi connectivity index (χ3v) is 3.29. The Balaban J connectivity index is 2.40. The van der Waals surface area contributed by atoms with E-state index in [-0.39, 0.29) is 5.91 Å². The Hall–Kier alpha value is -1.67. The van der Waals surface area contributed by atoms with Crippen molar-refractivity contribution in [3.05, 3.63) is 23.8 Å². The molecule has 0 radical (unpaired) electrons. The topological polar surface area (TPSA) is 78.9 Å². The summed E-state index contributed by atoms with van der Waals surface area (Å²) in [4.78, 5) is 12.5. The number of anilines is 1. The van der Waals surface area contributed by atoms with Crippen molar-refractivity contribution in [3.8, 4) is 6.07 Å². The van der Waals surface area contributed by atoms with Gasteiger partial charge in [-0.1, -0.05) is 0 Å². The Morgan fingerprint density at radius 2 is 2.35 bits per heavy atom. The molecule has 4 nitrogen and oxygen atoms in total. The minimum atomic E-state index is -0.0542. The summed E-state index contributed by atoms with van der Waals surface area (Å²) in [6, 6.07) is 7.60. The first-order chi connectivity index (χ1) is 8.13. The van der Waals surface area contributed by atoms with Gasteiger partial charge in [0.25, 0.3) is 0 Å². The van der Waals surface area contributed by atoms with Gasteiger partial charge in [0.05, 0.1) is 18.2 Å². The van der Waals surface area contributed by atoms with Gasteiger partial charge >= 0.3 is 0 Å². The van der Waals surface area contributed by atoms with Gasteiger partial charge < -0.3 is 11.1 Å². The fourth-order valence-corrected chi connectivity index (χ4v) is 2.13. The van der Waals surface area contributed by atoms with Gasteiger partial charge in [-0.05, 0) is 30.7 Å². The third-order valence-electron chi connectivity index (χ3n) is 2.12. The number of carbonyl (C=O) groups excluding carboxylic acids is 1. The molecule has 17 heavy (non-hydrogen) atoms. The van der Waals surface area contributed by atoms with Gasteiger partial charge in [-0.2, -0.15) is 5.26 Å². The normalized spacial score (nSPS) is 9.65.